The fraction of sp³-hybridized carbons (Fsp3) is 0.667. The fourth-order valence-electron chi connectivity index (χ4n) is 2.83. The van der Waals surface area contributed by atoms with Crippen LogP contribution in [0.15, 0.2) is 17.0 Å². The van der Waals surface area contributed by atoms with E-state index in [0.717, 1.165) is 30.2 Å². The molecular formula is C18H29NO2S. The number of hydrogen-bond donors (Lipinski definition) is 1. The summed E-state index contributed by atoms with van der Waals surface area (Å²) in [6.07, 6.45) is 4.87. The Bertz CT molecular complexity index is 470. The van der Waals surface area contributed by atoms with Crippen LogP contribution in [-0.4, -0.2) is 32.6 Å². The van der Waals surface area contributed by atoms with Crippen LogP contribution in [0.2, 0.25) is 0 Å². The first-order valence-corrected chi connectivity index (χ1v) is 9.23. The van der Waals surface area contributed by atoms with Crippen molar-refractivity contribution in [1.29, 1.82) is 0 Å². The Morgan fingerprint density at radius 3 is 2.55 bits per heavy atom. The molecule has 1 N–H and O–H groups in total. The van der Waals surface area contributed by atoms with Crippen molar-refractivity contribution in [2.24, 2.45) is 5.92 Å². The molecule has 0 spiro atoms. The second kappa shape index (κ2) is 8.68. The van der Waals surface area contributed by atoms with Crippen LogP contribution in [0, 0.1) is 5.92 Å². The van der Waals surface area contributed by atoms with Gasteiger partial charge < -0.3 is 14.8 Å². The maximum atomic E-state index is 5.64. The summed E-state index contributed by atoms with van der Waals surface area (Å²) in [5, 5.41) is 3.61. The molecule has 1 aromatic rings. The Morgan fingerprint density at radius 2 is 1.95 bits per heavy atom. The lowest BCUT2D eigenvalue weighted by molar-refractivity contribution is 0.373. The number of hydrogen-bond acceptors (Lipinski definition) is 4. The van der Waals surface area contributed by atoms with E-state index in [0.29, 0.717) is 12.0 Å². The lowest BCUT2D eigenvalue weighted by Gasteiger charge is -2.24. The summed E-state index contributed by atoms with van der Waals surface area (Å²) in [6.45, 7) is 5.60. The highest BCUT2D eigenvalue weighted by Gasteiger charge is 2.18. The average Bonchev–Trinajstić information content (AvgIpc) is 2.54. The van der Waals surface area contributed by atoms with E-state index in [9.17, 15) is 0 Å². The van der Waals surface area contributed by atoms with Crippen LogP contribution >= 0.6 is 11.8 Å². The molecular weight excluding hydrogens is 294 g/mol. The van der Waals surface area contributed by atoms with Crippen LogP contribution in [0.5, 0.6) is 11.5 Å². The van der Waals surface area contributed by atoms with E-state index in [2.05, 4.69) is 31.3 Å². The third-order valence-electron chi connectivity index (χ3n) is 4.02. The van der Waals surface area contributed by atoms with Crippen LogP contribution < -0.4 is 14.8 Å². The fourth-order valence-corrected chi connectivity index (χ4v) is 3.81. The molecule has 1 atom stereocenters. The summed E-state index contributed by atoms with van der Waals surface area (Å²) in [6, 6.07) is 4.86. The van der Waals surface area contributed by atoms with Gasteiger partial charge in [0.05, 0.1) is 19.1 Å². The van der Waals surface area contributed by atoms with Gasteiger partial charge in [0.1, 0.15) is 11.5 Å². The van der Waals surface area contributed by atoms with Crippen molar-refractivity contribution in [2.75, 3.05) is 26.5 Å². The highest BCUT2D eigenvalue weighted by atomic mass is 32.2. The Balaban J connectivity index is 2.17. The maximum absolute atomic E-state index is 5.64. The summed E-state index contributed by atoms with van der Waals surface area (Å²) in [4.78, 5) is 1.17. The van der Waals surface area contributed by atoms with Gasteiger partial charge in [0.15, 0.2) is 0 Å². The topological polar surface area (TPSA) is 30.5 Å². The summed E-state index contributed by atoms with van der Waals surface area (Å²) in [5.74, 6) is 3.70. The summed E-state index contributed by atoms with van der Waals surface area (Å²) >= 11 is 1.84. The largest absolute Gasteiger partial charge is 0.496 e. The Kier molecular flexibility index (Phi) is 6.90. The third kappa shape index (κ3) is 4.82. The first kappa shape index (κ1) is 17.5. The molecule has 22 heavy (non-hydrogen) atoms. The molecule has 1 saturated heterocycles. The van der Waals surface area contributed by atoms with E-state index in [-0.39, 0.29) is 0 Å². The molecule has 0 bridgehead atoms. The summed E-state index contributed by atoms with van der Waals surface area (Å²) in [5.41, 5.74) is 1.24. The van der Waals surface area contributed by atoms with Gasteiger partial charge in [-0.3, -0.25) is 0 Å². The van der Waals surface area contributed by atoms with Crippen LogP contribution in [-0.2, 0) is 6.42 Å². The highest BCUT2D eigenvalue weighted by Crippen LogP contribution is 2.37. The van der Waals surface area contributed by atoms with E-state index in [1.54, 1.807) is 14.2 Å². The van der Waals surface area contributed by atoms with Crippen molar-refractivity contribution < 1.29 is 9.47 Å². The van der Waals surface area contributed by atoms with E-state index >= 15 is 0 Å². The normalized spacial score (nSPS) is 18.5. The van der Waals surface area contributed by atoms with Gasteiger partial charge >= 0.3 is 0 Å². The van der Waals surface area contributed by atoms with Crippen molar-refractivity contribution in [3.63, 3.8) is 0 Å². The average molecular weight is 324 g/mol. The SMILES string of the molecule is COc1cc(SCC(C)C)c(OC)cc1CC1CCCCN1. The van der Waals surface area contributed by atoms with Crippen molar-refractivity contribution in [1.82, 2.24) is 5.32 Å². The highest BCUT2D eigenvalue weighted by molar-refractivity contribution is 7.99. The lowest BCUT2D eigenvalue weighted by Crippen LogP contribution is -2.35. The Labute approximate surface area is 139 Å². The lowest BCUT2D eigenvalue weighted by atomic mass is 9.97. The van der Waals surface area contributed by atoms with Crippen molar-refractivity contribution in [2.45, 2.75) is 50.5 Å². The minimum Gasteiger partial charge on any atom is -0.496 e. The molecule has 1 fully saturated rings. The van der Waals surface area contributed by atoms with E-state index in [1.807, 2.05) is 11.8 Å². The van der Waals surface area contributed by atoms with Gasteiger partial charge in [-0.2, -0.15) is 0 Å². The monoisotopic (exact) mass is 323 g/mol. The second-order valence-corrected chi connectivity index (χ2v) is 7.43. The molecule has 1 aliphatic rings. The molecule has 124 valence electrons. The number of thioether (sulfide) groups is 1. The van der Waals surface area contributed by atoms with Gasteiger partial charge in [0.2, 0.25) is 0 Å². The number of methoxy groups -OCH3 is 2. The van der Waals surface area contributed by atoms with Gasteiger partial charge in [-0.1, -0.05) is 20.3 Å². The maximum Gasteiger partial charge on any atom is 0.132 e. The Hall–Kier alpha value is -0.870. The van der Waals surface area contributed by atoms with Crippen LogP contribution in [0.25, 0.3) is 0 Å². The number of ether oxygens (including phenoxy) is 2. The number of benzene rings is 1. The molecule has 3 nitrogen and oxygen atoms in total. The molecule has 1 heterocycles. The minimum absolute atomic E-state index is 0.557. The molecule has 0 amide bonds. The van der Waals surface area contributed by atoms with E-state index in [1.165, 1.54) is 29.7 Å². The van der Waals surface area contributed by atoms with Crippen LogP contribution in [0.3, 0.4) is 0 Å². The quantitative estimate of drug-likeness (QED) is 0.764. The summed E-state index contributed by atoms with van der Waals surface area (Å²) in [7, 11) is 3.51. The van der Waals surface area contributed by atoms with E-state index in [4.69, 9.17) is 9.47 Å². The van der Waals surface area contributed by atoms with Gasteiger partial charge in [-0.25, -0.2) is 0 Å². The zero-order chi connectivity index (χ0) is 15.9. The number of nitrogens with one attached hydrogen (secondary N) is 1. The molecule has 1 aliphatic heterocycles. The zero-order valence-corrected chi connectivity index (χ0v) is 15.1. The molecule has 1 aromatic carbocycles. The zero-order valence-electron chi connectivity index (χ0n) is 14.3. The van der Waals surface area contributed by atoms with Gasteiger partial charge in [-0.05, 0) is 49.4 Å². The number of rotatable bonds is 7. The molecule has 0 aromatic heterocycles. The van der Waals surface area contributed by atoms with Gasteiger partial charge in [0.25, 0.3) is 0 Å². The standard InChI is InChI=1S/C18H29NO2S/c1-13(2)12-22-18-11-16(20-3)14(10-17(18)21-4)9-15-7-5-6-8-19-15/h10-11,13,15,19H,5-9,12H2,1-4H3. The van der Waals surface area contributed by atoms with Crippen LogP contribution in [0.4, 0.5) is 0 Å². The third-order valence-corrected chi connectivity index (χ3v) is 5.48. The van der Waals surface area contributed by atoms with Crippen molar-refractivity contribution >= 4 is 11.8 Å². The van der Waals surface area contributed by atoms with E-state index < -0.39 is 0 Å². The first-order chi connectivity index (χ1) is 10.6. The molecule has 2 rings (SSSR count). The second-order valence-electron chi connectivity index (χ2n) is 6.37. The molecule has 1 unspecified atom stereocenters. The molecule has 0 aliphatic carbocycles. The first-order valence-electron chi connectivity index (χ1n) is 8.25. The van der Waals surface area contributed by atoms with Gasteiger partial charge in [0, 0.05) is 11.8 Å². The van der Waals surface area contributed by atoms with Crippen LogP contribution in [0.1, 0.15) is 38.7 Å². The van der Waals surface area contributed by atoms with Gasteiger partial charge in [-0.15, -0.1) is 11.8 Å². The predicted molar refractivity (Wildman–Crippen MR) is 94.5 cm³/mol. The molecule has 0 radical (unpaired) electrons. The van der Waals surface area contributed by atoms with Crippen molar-refractivity contribution in [3.8, 4) is 11.5 Å². The Morgan fingerprint density at radius 1 is 1.18 bits per heavy atom. The smallest absolute Gasteiger partial charge is 0.132 e. The molecule has 0 saturated carbocycles. The minimum atomic E-state index is 0.557. The summed E-state index contributed by atoms with van der Waals surface area (Å²) < 4.78 is 11.2. The molecule has 4 heteroatoms. The predicted octanol–water partition coefficient (Wildman–Crippen LogP) is 4.14. The number of piperidine rings is 1. The van der Waals surface area contributed by atoms with Crippen molar-refractivity contribution in [3.05, 3.63) is 17.7 Å².